The van der Waals surface area contributed by atoms with Gasteiger partial charge >= 0.3 is 5.97 Å². The van der Waals surface area contributed by atoms with Gasteiger partial charge < -0.3 is 20.1 Å². The maximum absolute atomic E-state index is 11.8. The van der Waals surface area contributed by atoms with Crippen molar-refractivity contribution in [1.82, 2.24) is 10.3 Å². The number of carboxylic acid groups (broad SMARTS) is 1. The number of benzene rings is 1. The molecule has 0 aliphatic carbocycles. The quantitative estimate of drug-likeness (QED) is 0.748. The fraction of sp³-hybridized carbons (Fsp3) is 0.333. The van der Waals surface area contributed by atoms with Gasteiger partial charge in [0.05, 0.1) is 0 Å². The Labute approximate surface area is 122 Å². The fourth-order valence-corrected chi connectivity index (χ4v) is 2.12. The molecule has 0 saturated carbocycles. The molecule has 0 fully saturated rings. The average Bonchev–Trinajstić information content (AvgIpc) is 2.88. The first-order valence-electron chi connectivity index (χ1n) is 6.64. The molecule has 3 N–H and O–H groups in total. The van der Waals surface area contributed by atoms with E-state index in [1.54, 1.807) is 13.1 Å². The third-order valence-electron chi connectivity index (χ3n) is 3.44. The molecular weight excluding hydrogens is 272 g/mol. The number of aliphatic carboxylic acids is 1. The van der Waals surface area contributed by atoms with Crippen LogP contribution < -0.4 is 5.32 Å². The number of carboxylic acids is 1. The molecule has 2 aromatic rings. The number of fused-ring (bicyclic) bond motifs is 1. The highest BCUT2D eigenvalue weighted by Crippen LogP contribution is 2.19. The van der Waals surface area contributed by atoms with Crippen LogP contribution in [0.1, 0.15) is 12.5 Å². The summed E-state index contributed by atoms with van der Waals surface area (Å²) in [6, 6.07) is 6.63. The van der Waals surface area contributed by atoms with Gasteiger partial charge in [0.1, 0.15) is 12.1 Å². The molecule has 0 bridgehead atoms. The SMILES string of the molecule is COC(C)C(=O)N[C@H](Cc1c[nH]c2ccccc12)C(=O)O. The third kappa shape index (κ3) is 3.41. The van der Waals surface area contributed by atoms with Crippen LogP contribution in [0.25, 0.3) is 10.9 Å². The summed E-state index contributed by atoms with van der Waals surface area (Å²) in [4.78, 5) is 26.2. The minimum atomic E-state index is -1.07. The fourth-order valence-electron chi connectivity index (χ4n) is 2.12. The van der Waals surface area contributed by atoms with Crippen LogP contribution in [0.5, 0.6) is 0 Å². The number of rotatable bonds is 6. The first kappa shape index (κ1) is 15.1. The number of hydrogen-bond donors (Lipinski definition) is 3. The molecule has 0 spiro atoms. The lowest BCUT2D eigenvalue weighted by Gasteiger charge is -2.16. The Morgan fingerprint density at radius 3 is 2.76 bits per heavy atom. The van der Waals surface area contributed by atoms with E-state index in [2.05, 4.69) is 10.3 Å². The summed E-state index contributed by atoms with van der Waals surface area (Å²) < 4.78 is 4.89. The van der Waals surface area contributed by atoms with Crippen molar-refractivity contribution in [1.29, 1.82) is 0 Å². The number of carbonyl (C=O) groups excluding carboxylic acids is 1. The molecule has 1 heterocycles. The van der Waals surface area contributed by atoms with Crippen LogP contribution in [0.4, 0.5) is 0 Å². The van der Waals surface area contributed by atoms with Crippen molar-refractivity contribution in [3.63, 3.8) is 0 Å². The van der Waals surface area contributed by atoms with Gasteiger partial charge in [0, 0.05) is 30.6 Å². The highest BCUT2D eigenvalue weighted by atomic mass is 16.5. The molecule has 2 atom stereocenters. The molecule has 0 aliphatic heterocycles. The van der Waals surface area contributed by atoms with E-state index in [-0.39, 0.29) is 6.42 Å². The van der Waals surface area contributed by atoms with Crippen LogP contribution in [0.3, 0.4) is 0 Å². The van der Waals surface area contributed by atoms with Gasteiger partial charge in [-0.05, 0) is 18.6 Å². The lowest BCUT2D eigenvalue weighted by atomic mass is 10.0. The van der Waals surface area contributed by atoms with E-state index in [1.165, 1.54) is 7.11 Å². The Morgan fingerprint density at radius 2 is 2.10 bits per heavy atom. The lowest BCUT2D eigenvalue weighted by Crippen LogP contribution is -2.46. The second-order valence-corrected chi connectivity index (χ2v) is 4.84. The van der Waals surface area contributed by atoms with Gasteiger partial charge in [-0.2, -0.15) is 0 Å². The van der Waals surface area contributed by atoms with Crippen molar-refractivity contribution in [3.8, 4) is 0 Å². The predicted octanol–water partition coefficient (Wildman–Crippen LogP) is 1.31. The zero-order valence-corrected chi connectivity index (χ0v) is 11.9. The molecule has 1 aromatic carbocycles. The van der Waals surface area contributed by atoms with Crippen molar-refractivity contribution in [2.24, 2.45) is 0 Å². The third-order valence-corrected chi connectivity index (χ3v) is 3.44. The van der Waals surface area contributed by atoms with E-state index < -0.39 is 24.0 Å². The molecule has 0 radical (unpaired) electrons. The number of ether oxygens (including phenoxy) is 1. The average molecular weight is 290 g/mol. The van der Waals surface area contributed by atoms with Crippen LogP contribution in [0.2, 0.25) is 0 Å². The Kier molecular flexibility index (Phi) is 4.59. The van der Waals surface area contributed by atoms with E-state index in [4.69, 9.17) is 4.74 Å². The topological polar surface area (TPSA) is 91.4 Å². The predicted molar refractivity (Wildman–Crippen MR) is 78.0 cm³/mol. The van der Waals surface area contributed by atoms with E-state index in [9.17, 15) is 14.7 Å². The standard InChI is InChI=1S/C15H18N2O4/c1-9(21-2)14(18)17-13(15(19)20)7-10-8-16-12-6-4-3-5-11(10)12/h3-6,8-9,13,16H,7H2,1-2H3,(H,17,18)(H,19,20)/t9?,13-/m1/s1. The van der Waals surface area contributed by atoms with Crippen molar-refractivity contribution < 1.29 is 19.4 Å². The first-order valence-corrected chi connectivity index (χ1v) is 6.64. The van der Waals surface area contributed by atoms with Gasteiger partial charge in [-0.15, -0.1) is 0 Å². The zero-order valence-electron chi connectivity index (χ0n) is 11.9. The molecule has 2 rings (SSSR count). The van der Waals surface area contributed by atoms with Crippen molar-refractivity contribution in [2.75, 3.05) is 7.11 Å². The van der Waals surface area contributed by atoms with Gasteiger partial charge in [0.15, 0.2) is 0 Å². The van der Waals surface area contributed by atoms with Crippen LogP contribution in [0.15, 0.2) is 30.5 Å². The minimum Gasteiger partial charge on any atom is -0.480 e. The Morgan fingerprint density at radius 1 is 1.38 bits per heavy atom. The molecule has 1 aromatic heterocycles. The van der Waals surface area contributed by atoms with Crippen molar-refractivity contribution in [2.45, 2.75) is 25.5 Å². The number of amides is 1. The number of methoxy groups -OCH3 is 1. The van der Waals surface area contributed by atoms with E-state index in [0.29, 0.717) is 0 Å². The number of nitrogens with one attached hydrogen (secondary N) is 2. The van der Waals surface area contributed by atoms with Gasteiger partial charge in [0.2, 0.25) is 5.91 Å². The summed E-state index contributed by atoms with van der Waals surface area (Å²) in [5.74, 6) is -1.51. The smallest absolute Gasteiger partial charge is 0.326 e. The summed E-state index contributed by atoms with van der Waals surface area (Å²) in [6.07, 6.45) is 1.29. The monoisotopic (exact) mass is 290 g/mol. The first-order chi connectivity index (χ1) is 10.0. The summed E-state index contributed by atoms with van der Waals surface area (Å²) in [5.41, 5.74) is 1.79. The maximum atomic E-state index is 11.8. The van der Waals surface area contributed by atoms with Crippen molar-refractivity contribution >= 4 is 22.8 Å². The Balaban J connectivity index is 2.17. The Hall–Kier alpha value is -2.34. The van der Waals surface area contributed by atoms with Gasteiger partial charge in [0.25, 0.3) is 0 Å². The number of aromatic amines is 1. The molecule has 6 heteroatoms. The lowest BCUT2D eigenvalue weighted by molar-refractivity contribution is -0.143. The molecule has 1 unspecified atom stereocenters. The molecule has 0 saturated heterocycles. The second kappa shape index (κ2) is 6.41. The second-order valence-electron chi connectivity index (χ2n) is 4.84. The Bertz CT molecular complexity index is 650. The van der Waals surface area contributed by atoms with E-state index in [0.717, 1.165) is 16.5 Å². The van der Waals surface area contributed by atoms with Crippen molar-refractivity contribution in [3.05, 3.63) is 36.0 Å². The van der Waals surface area contributed by atoms with E-state index in [1.807, 2.05) is 24.3 Å². The van der Waals surface area contributed by atoms with Gasteiger partial charge in [-0.1, -0.05) is 18.2 Å². The molecule has 0 aliphatic rings. The van der Waals surface area contributed by atoms with Gasteiger partial charge in [-0.25, -0.2) is 4.79 Å². The largest absolute Gasteiger partial charge is 0.480 e. The minimum absolute atomic E-state index is 0.210. The number of para-hydroxylation sites is 1. The molecule has 6 nitrogen and oxygen atoms in total. The van der Waals surface area contributed by atoms with E-state index >= 15 is 0 Å². The zero-order chi connectivity index (χ0) is 15.4. The molecular formula is C15H18N2O4. The molecule has 112 valence electrons. The number of aromatic nitrogens is 1. The summed E-state index contributed by atoms with van der Waals surface area (Å²) >= 11 is 0. The van der Waals surface area contributed by atoms with Gasteiger partial charge in [-0.3, -0.25) is 4.79 Å². The summed E-state index contributed by atoms with van der Waals surface area (Å²) in [7, 11) is 1.40. The number of carbonyl (C=O) groups is 2. The summed E-state index contributed by atoms with van der Waals surface area (Å²) in [5, 5.41) is 12.7. The normalized spacial score (nSPS) is 13.8. The summed E-state index contributed by atoms with van der Waals surface area (Å²) in [6.45, 7) is 1.57. The number of hydrogen-bond acceptors (Lipinski definition) is 3. The molecule has 1 amide bonds. The maximum Gasteiger partial charge on any atom is 0.326 e. The highest BCUT2D eigenvalue weighted by molar-refractivity contribution is 5.88. The van der Waals surface area contributed by atoms with Crippen LogP contribution >= 0.6 is 0 Å². The highest BCUT2D eigenvalue weighted by Gasteiger charge is 2.24. The van der Waals surface area contributed by atoms with Crippen LogP contribution in [-0.4, -0.2) is 41.2 Å². The van der Waals surface area contributed by atoms with Crippen LogP contribution in [-0.2, 0) is 20.7 Å². The number of H-pyrrole nitrogens is 1. The van der Waals surface area contributed by atoms with Crippen LogP contribution in [0, 0.1) is 0 Å². The molecule has 21 heavy (non-hydrogen) atoms.